The van der Waals surface area contributed by atoms with Crippen LogP contribution in [0.15, 0.2) is 24.3 Å². The summed E-state index contributed by atoms with van der Waals surface area (Å²) in [4.78, 5) is 11.6. The van der Waals surface area contributed by atoms with Crippen LogP contribution in [0.5, 0.6) is 5.75 Å². The monoisotopic (exact) mass is 253 g/mol. The largest absolute Gasteiger partial charge is 0.481 e. The van der Waals surface area contributed by atoms with Crippen molar-refractivity contribution in [3.63, 3.8) is 0 Å². The van der Waals surface area contributed by atoms with Gasteiger partial charge >= 0.3 is 0 Å². The molecule has 1 aromatic carbocycles. The number of amides is 1. The van der Waals surface area contributed by atoms with E-state index in [0.29, 0.717) is 13.2 Å². The maximum Gasteiger partial charge on any atom is 0.258 e. The van der Waals surface area contributed by atoms with Crippen LogP contribution >= 0.6 is 0 Å². The first-order valence-electron chi connectivity index (χ1n) is 6.00. The van der Waals surface area contributed by atoms with Crippen LogP contribution in [0.2, 0.25) is 0 Å². The minimum atomic E-state index is -0.462. The highest BCUT2D eigenvalue weighted by atomic mass is 19.1. The molecule has 1 amide bonds. The highest BCUT2D eigenvalue weighted by Gasteiger charge is 2.16. The lowest BCUT2D eigenvalue weighted by Gasteiger charge is -2.23. The second-order valence-electron chi connectivity index (χ2n) is 4.17. The van der Waals surface area contributed by atoms with E-state index in [-0.39, 0.29) is 24.3 Å². The lowest BCUT2D eigenvalue weighted by atomic mass is 10.1. The Labute approximate surface area is 105 Å². The van der Waals surface area contributed by atoms with Crippen molar-refractivity contribution >= 4 is 5.91 Å². The molecule has 1 saturated heterocycles. The number of hydrogen-bond donors (Lipinski definition) is 1. The smallest absolute Gasteiger partial charge is 0.258 e. The summed E-state index contributed by atoms with van der Waals surface area (Å²) in [5.74, 6) is -0.596. The highest BCUT2D eigenvalue weighted by Crippen LogP contribution is 2.15. The van der Waals surface area contributed by atoms with Crippen molar-refractivity contribution in [3.05, 3.63) is 30.1 Å². The number of halogens is 1. The molecule has 18 heavy (non-hydrogen) atoms. The van der Waals surface area contributed by atoms with Gasteiger partial charge in [-0.3, -0.25) is 4.79 Å². The van der Waals surface area contributed by atoms with E-state index < -0.39 is 5.82 Å². The summed E-state index contributed by atoms with van der Waals surface area (Å²) in [7, 11) is 0. The van der Waals surface area contributed by atoms with Crippen LogP contribution in [-0.4, -0.2) is 31.8 Å². The zero-order valence-corrected chi connectivity index (χ0v) is 10.0. The van der Waals surface area contributed by atoms with Crippen molar-refractivity contribution in [3.8, 4) is 5.75 Å². The number of hydrogen-bond acceptors (Lipinski definition) is 3. The van der Waals surface area contributed by atoms with Crippen molar-refractivity contribution in [1.29, 1.82) is 0 Å². The number of carbonyl (C=O) groups excluding carboxylic acids is 1. The normalized spacial score (nSPS) is 16.3. The summed E-state index contributed by atoms with van der Waals surface area (Å²) in [5.41, 5.74) is 0. The van der Waals surface area contributed by atoms with Gasteiger partial charge in [-0.05, 0) is 25.0 Å². The second-order valence-corrected chi connectivity index (χ2v) is 4.17. The average Bonchev–Trinajstić information content (AvgIpc) is 2.39. The quantitative estimate of drug-likeness (QED) is 0.884. The Morgan fingerprint density at radius 1 is 1.39 bits per heavy atom. The van der Waals surface area contributed by atoms with Crippen LogP contribution in [0.25, 0.3) is 0 Å². The van der Waals surface area contributed by atoms with Crippen molar-refractivity contribution in [1.82, 2.24) is 5.32 Å². The van der Waals surface area contributed by atoms with Gasteiger partial charge < -0.3 is 14.8 Å². The molecule has 1 fully saturated rings. The summed E-state index contributed by atoms with van der Waals surface area (Å²) in [6.45, 7) is 1.16. The molecule has 1 aromatic rings. The Bertz CT molecular complexity index is 405. The van der Waals surface area contributed by atoms with E-state index in [9.17, 15) is 9.18 Å². The van der Waals surface area contributed by atoms with Crippen LogP contribution in [0, 0.1) is 5.82 Å². The summed E-state index contributed by atoms with van der Waals surface area (Å²) >= 11 is 0. The van der Waals surface area contributed by atoms with Crippen LogP contribution in [0.4, 0.5) is 4.39 Å². The molecule has 1 aliphatic heterocycles. The van der Waals surface area contributed by atoms with E-state index >= 15 is 0 Å². The number of benzene rings is 1. The average molecular weight is 253 g/mol. The van der Waals surface area contributed by atoms with Gasteiger partial charge in [-0.2, -0.15) is 0 Å². The molecule has 0 aliphatic carbocycles. The third-order valence-corrected chi connectivity index (χ3v) is 2.78. The third kappa shape index (κ3) is 3.70. The van der Waals surface area contributed by atoms with E-state index in [1.54, 1.807) is 12.1 Å². The van der Waals surface area contributed by atoms with Crippen molar-refractivity contribution in [2.45, 2.75) is 18.9 Å². The van der Waals surface area contributed by atoms with E-state index in [1.165, 1.54) is 12.1 Å². The Balaban J connectivity index is 1.76. The molecule has 4 nitrogen and oxygen atoms in total. The molecule has 0 radical (unpaired) electrons. The molecule has 2 rings (SSSR count). The number of rotatable bonds is 4. The predicted octanol–water partition coefficient (Wildman–Crippen LogP) is 1.50. The maximum atomic E-state index is 13.2. The molecule has 0 bridgehead atoms. The molecule has 98 valence electrons. The first-order valence-corrected chi connectivity index (χ1v) is 6.00. The maximum absolute atomic E-state index is 13.2. The Hall–Kier alpha value is -1.62. The summed E-state index contributed by atoms with van der Waals surface area (Å²) in [6, 6.07) is 6.16. The summed E-state index contributed by atoms with van der Waals surface area (Å²) in [6.07, 6.45) is 1.62. The van der Waals surface area contributed by atoms with Crippen LogP contribution in [-0.2, 0) is 9.53 Å². The Morgan fingerprint density at radius 2 is 2.11 bits per heavy atom. The van der Waals surface area contributed by atoms with E-state index in [2.05, 4.69) is 5.32 Å². The number of para-hydroxylation sites is 1. The first-order chi connectivity index (χ1) is 8.75. The molecular formula is C13H16FNO3. The highest BCUT2D eigenvalue weighted by molar-refractivity contribution is 5.77. The molecule has 0 spiro atoms. The van der Waals surface area contributed by atoms with Gasteiger partial charge in [-0.15, -0.1) is 0 Å². The van der Waals surface area contributed by atoms with Crippen LogP contribution in [0.3, 0.4) is 0 Å². The minimum Gasteiger partial charge on any atom is -0.481 e. The number of nitrogens with one attached hydrogen (secondary N) is 1. The fourth-order valence-electron chi connectivity index (χ4n) is 1.82. The van der Waals surface area contributed by atoms with E-state index in [1.807, 2.05) is 0 Å². The van der Waals surface area contributed by atoms with Gasteiger partial charge in [0.25, 0.3) is 5.91 Å². The first kappa shape index (κ1) is 12.8. The molecule has 1 aliphatic rings. The molecule has 5 heteroatoms. The molecule has 0 aromatic heterocycles. The standard InChI is InChI=1S/C13H16FNO3/c14-11-3-1-2-4-12(11)18-9-13(16)15-10-5-7-17-8-6-10/h1-4,10H,5-9H2,(H,15,16). The van der Waals surface area contributed by atoms with Gasteiger partial charge in [0, 0.05) is 19.3 Å². The van der Waals surface area contributed by atoms with Crippen LogP contribution in [0.1, 0.15) is 12.8 Å². The lowest BCUT2D eigenvalue weighted by Crippen LogP contribution is -2.41. The van der Waals surface area contributed by atoms with Gasteiger partial charge in [0.15, 0.2) is 18.2 Å². The molecule has 1 heterocycles. The zero-order valence-electron chi connectivity index (χ0n) is 10.0. The third-order valence-electron chi connectivity index (χ3n) is 2.78. The van der Waals surface area contributed by atoms with Gasteiger partial charge in [-0.1, -0.05) is 12.1 Å². The Kier molecular flexibility index (Phi) is 4.52. The van der Waals surface area contributed by atoms with Gasteiger partial charge in [-0.25, -0.2) is 4.39 Å². The van der Waals surface area contributed by atoms with Gasteiger partial charge in [0.05, 0.1) is 0 Å². The van der Waals surface area contributed by atoms with Crippen LogP contribution < -0.4 is 10.1 Å². The molecule has 0 atom stereocenters. The SMILES string of the molecule is O=C(COc1ccccc1F)NC1CCOCC1. The molecule has 0 saturated carbocycles. The van der Waals surface area contributed by atoms with E-state index in [0.717, 1.165) is 12.8 Å². The van der Waals surface area contributed by atoms with E-state index in [4.69, 9.17) is 9.47 Å². The number of carbonyl (C=O) groups is 1. The fraction of sp³-hybridized carbons (Fsp3) is 0.462. The fourth-order valence-corrected chi connectivity index (χ4v) is 1.82. The summed E-state index contributed by atoms with van der Waals surface area (Å²) in [5, 5.41) is 2.84. The van der Waals surface area contributed by atoms with Crippen molar-refractivity contribution in [2.24, 2.45) is 0 Å². The number of ether oxygens (including phenoxy) is 2. The zero-order chi connectivity index (χ0) is 12.8. The Morgan fingerprint density at radius 3 is 2.83 bits per heavy atom. The summed E-state index contributed by atoms with van der Waals surface area (Å²) < 4.78 is 23.5. The van der Waals surface area contributed by atoms with Crippen molar-refractivity contribution < 1.29 is 18.7 Å². The molecular weight excluding hydrogens is 237 g/mol. The second kappa shape index (κ2) is 6.35. The molecule has 1 N–H and O–H groups in total. The topological polar surface area (TPSA) is 47.6 Å². The lowest BCUT2D eigenvalue weighted by molar-refractivity contribution is -0.124. The predicted molar refractivity (Wildman–Crippen MR) is 63.9 cm³/mol. The van der Waals surface area contributed by atoms with Gasteiger partial charge in [0.2, 0.25) is 0 Å². The minimum absolute atomic E-state index is 0.0969. The molecule has 0 unspecified atom stereocenters. The van der Waals surface area contributed by atoms with Gasteiger partial charge in [0.1, 0.15) is 0 Å². The van der Waals surface area contributed by atoms with Crippen molar-refractivity contribution in [2.75, 3.05) is 19.8 Å².